The number of carbonyl (C=O) groups is 2. The van der Waals surface area contributed by atoms with Crippen LogP contribution in [-0.2, 0) is 24.2 Å². The van der Waals surface area contributed by atoms with Crippen LogP contribution in [0.4, 0.5) is 4.79 Å². The third kappa shape index (κ3) is 2.42. The summed E-state index contributed by atoms with van der Waals surface area (Å²) >= 11 is 0. The fourth-order valence-corrected chi connectivity index (χ4v) is 4.39. The minimum Gasteiger partial charge on any atom is -0.322 e. The van der Waals surface area contributed by atoms with Gasteiger partial charge in [0.15, 0.2) is 0 Å². The second kappa shape index (κ2) is 5.59. The van der Waals surface area contributed by atoms with Crippen molar-refractivity contribution < 1.29 is 9.59 Å². The van der Waals surface area contributed by atoms with Gasteiger partial charge >= 0.3 is 6.03 Å². The zero-order valence-corrected chi connectivity index (χ0v) is 14.5. The number of nitrogens with one attached hydrogen (secondary N) is 1. The highest BCUT2D eigenvalue weighted by atomic mass is 16.2. The highest BCUT2D eigenvalue weighted by Crippen LogP contribution is 2.31. The molecule has 1 aliphatic carbocycles. The van der Waals surface area contributed by atoms with Crippen LogP contribution in [0, 0.1) is 0 Å². The molecular formula is C19H25N3O2. The van der Waals surface area contributed by atoms with Crippen LogP contribution < -0.4 is 5.32 Å². The van der Waals surface area contributed by atoms with Crippen LogP contribution in [-0.4, -0.2) is 46.4 Å². The molecule has 5 heteroatoms. The van der Waals surface area contributed by atoms with Crippen LogP contribution in [0.3, 0.4) is 0 Å². The molecule has 1 aromatic carbocycles. The van der Waals surface area contributed by atoms with E-state index in [9.17, 15) is 9.59 Å². The molecule has 0 unspecified atom stereocenters. The molecular weight excluding hydrogens is 302 g/mol. The molecule has 0 aromatic heterocycles. The Hall–Kier alpha value is -1.88. The minimum atomic E-state index is -0.710. The molecule has 3 amide bonds. The van der Waals surface area contributed by atoms with Gasteiger partial charge in [-0.3, -0.25) is 14.6 Å². The third-order valence-corrected chi connectivity index (χ3v) is 5.63. The van der Waals surface area contributed by atoms with Gasteiger partial charge < -0.3 is 5.32 Å². The number of amides is 3. The van der Waals surface area contributed by atoms with Gasteiger partial charge in [0.25, 0.3) is 5.91 Å². The lowest BCUT2D eigenvalue weighted by atomic mass is 9.98. The number of hydrogen-bond donors (Lipinski definition) is 1. The third-order valence-electron chi connectivity index (χ3n) is 5.63. The van der Waals surface area contributed by atoms with Gasteiger partial charge in [-0.15, -0.1) is 0 Å². The lowest BCUT2D eigenvalue weighted by molar-refractivity contribution is -0.132. The monoisotopic (exact) mass is 327 g/mol. The predicted molar refractivity (Wildman–Crippen MR) is 91.6 cm³/mol. The Labute approximate surface area is 143 Å². The van der Waals surface area contributed by atoms with Gasteiger partial charge in [-0.2, -0.15) is 0 Å². The number of fused-ring (bicyclic) bond motifs is 1. The number of carbonyl (C=O) groups excluding carboxylic acids is 2. The number of imide groups is 1. The Morgan fingerprint density at radius 3 is 2.75 bits per heavy atom. The summed E-state index contributed by atoms with van der Waals surface area (Å²) in [6.45, 7) is 6.06. The fourth-order valence-electron chi connectivity index (χ4n) is 4.39. The molecule has 24 heavy (non-hydrogen) atoms. The van der Waals surface area contributed by atoms with Crippen molar-refractivity contribution in [1.29, 1.82) is 0 Å². The van der Waals surface area contributed by atoms with Crippen LogP contribution in [0.1, 0.15) is 43.4 Å². The van der Waals surface area contributed by atoms with E-state index in [1.807, 2.05) is 13.8 Å². The van der Waals surface area contributed by atoms with Crippen molar-refractivity contribution in [2.45, 2.75) is 57.7 Å². The van der Waals surface area contributed by atoms with Crippen molar-refractivity contribution in [2.75, 3.05) is 13.1 Å². The molecule has 2 heterocycles. The van der Waals surface area contributed by atoms with Gasteiger partial charge in [-0.05, 0) is 56.2 Å². The first-order valence-corrected chi connectivity index (χ1v) is 8.97. The zero-order valence-electron chi connectivity index (χ0n) is 14.5. The molecule has 2 fully saturated rings. The molecule has 1 atom stereocenters. The Morgan fingerprint density at radius 1 is 1.21 bits per heavy atom. The number of likely N-dealkylation sites (tertiary alicyclic amines) is 1. The summed E-state index contributed by atoms with van der Waals surface area (Å²) in [6.07, 6.45) is 4.35. The van der Waals surface area contributed by atoms with Crippen LogP contribution in [0.25, 0.3) is 0 Å². The first kappa shape index (κ1) is 15.6. The van der Waals surface area contributed by atoms with E-state index < -0.39 is 5.54 Å². The first-order chi connectivity index (χ1) is 11.5. The first-order valence-electron chi connectivity index (χ1n) is 8.97. The number of urea groups is 1. The summed E-state index contributed by atoms with van der Waals surface area (Å²) < 4.78 is 0. The van der Waals surface area contributed by atoms with E-state index in [1.165, 1.54) is 40.9 Å². The second-order valence-corrected chi connectivity index (χ2v) is 7.70. The van der Waals surface area contributed by atoms with Crippen molar-refractivity contribution in [3.8, 4) is 0 Å². The largest absolute Gasteiger partial charge is 0.325 e. The number of aryl methyl sites for hydroxylation is 2. The summed E-state index contributed by atoms with van der Waals surface area (Å²) in [4.78, 5) is 28.6. The van der Waals surface area contributed by atoms with Gasteiger partial charge in [0, 0.05) is 25.7 Å². The van der Waals surface area contributed by atoms with Crippen molar-refractivity contribution in [1.82, 2.24) is 15.1 Å². The van der Waals surface area contributed by atoms with Gasteiger partial charge in [0.2, 0.25) is 0 Å². The van der Waals surface area contributed by atoms with Crippen molar-refractivity contribution in [3.05, 3.63) is 34.9 Å². The van der Waals surface area contributed by atoms with Crippen molar-refractivity contribution >= 4 is 11.9 Å². The Morgan fingerprint density at radius 2 is 2.00 bits per heavy atom. The summed E-state index contributed by atoms with van der Waals surface area (Å²) in [5.74, 6) is -0.0565. The minimum absolute atomic E-state index is 0.0565. The Bertz CT molecular complexity index is 700. The second-order valence-electron chi connectivity index (χ2n) is 7.70. The maximum absolute atomic E-state index is 12.7. The molecule has 5 nitrogen and oxygen atoms in total. The van der Waals surface area contributed by atoms with E-state index in [-0.39, 0.29) is 18.0 Å². The lowest BCUT2D eigenvalue weighted by Gasteiger charge is -2.23. The van der Waals surface area contributed by atoms with E-state index in [1.54, 1.807) is 0 Å². The molecule has 0 radical (unpaired) electrons. The molecule has 0 saturated carbocycles. The molecule has 128 valence electrons. The van der Waals surface area contributed by atoms with E-state index in [4.69, 9.17) is 0 Å². The highest BCUT2D eigenvalue weighted by Gasteiger charge is 2.55. The summed E-state index contributed by atoms with van der Waals surface area (Å²) in [5.41, 5.74) is 3.57. The molecule has 1 N–H and O–H groups in total. The molecule has 1 spiro atoms. The number of hydrogen-bond acceptors (Lipinski definition) is 3. The summed E-state index contributed by atoms with van der Waals surface area (Å²) in [5, 5.41) is 2.96. The normalized spacial score (nSPS) is 26.7. The topological polar surface area (TPSA) is 52.7 Å². The fraction of sp³-hybridized carbons (Fsp3) is 0.579. The zero-order chi connectivity index (χ0) is 16.9. The molecule has 3 aliphatic rings. The van der Waals surface area contributed by atoms with Crippen molar-refractivity contribution in [3.63, 3.8) is 0 Å². The molecule has 2 aliphatic heterocycles. The lowest BCUT2D eigenvalue weighted by Crippen LogP contribution is -2.49. The van der Waals surface area contributed by atoms with E-state index in [0.717, 1.165) is 13.1 Å². The SMILES string of the molecule is CC(C)N1C(=O)N[C@]2(CCN(Cc3ccc4c(c3)CCC4)C2)C1=O. The number of nitrogens with zero attached hydrogens (tertiary/aromatic N) is 2. The molecule has 1 aromatic rings. The van der Waals surface area contributed by atoms with Crippen LogP contribution >= 0.6 is 0 Å². The average Bonchev–Trinajstić information content (AvgIpc) is 3.19. The predicted octanol–water partition coefficient (Wildman–Crippen LogP) is 2.08. The summed E-state index contributed by atoms with van der Waals surface area (Å²) in [7, 11) is 0. The van der Waals surface area contributed by atoms with Crippen LogP contribution in [0.5, 0.6) is 0 Å². The maximum Gasteiger partial charge on any atom is 0.325 e. The number of rotatable bonds is 3. The quantitative estimate of drug-likeness (QED) is 0.865. The Balaban J connectivity index is 1.47. The van der Waals surface area contributed by atoms with Crippen molar-refractivity contribution in [2.24, 2.45) is 0 Å². The van der Waals surface area contributed by atoms with Gasteiger partial charge in [-0.1, -0.05) is 18.2 Å². The van der Waals surface area contributed by atoms with Crippen LogP contribution in [0.15, 0.2) is 18.2 Å². The average molecular weight is 327 g/mol. The van der Waals surface area contributed by atoms with Gasteiger partial charge in [0.05, 0.1) is 0 Å². The van der Waals surface area contributed by atoms with Crippen LogP contribution in [0.2, 0.25) is 0 Å². The molecule has 2 saturated heterocycles. The van der Waals surface area contributed by atoms with Gasteiger partial charge in [-0.25, -0.2) is 4.79 Å². The maximum atomic E-state index is 12.7. The van der Waals surface area contributed by atoms with E-state index in [0.29, 0.717) is 13.0 Å². The van der Waals surface area contributed by atoms with E-state index >= 15 is 0 Å². The summed E-state index contributed by atoms with van der Waals surface area (Å²) in [6, 6.07) is 6.46. The van der Waals surface area contributed by atoms with E-state index in [2.05, 4.69) is 28.4 Å². The molecule has 4 rings (SSSR count). The van der Waals surface area contributed by atoms with Gasteiger partial charge in [0.1, 0.15) is 5.54 Å². The smallest absolute Gasteiger partial charge is 0.322 e. The number of benzene rings is 1. The Kier molecular flexibility index (Phi) is 3.64. The standard InChI is InChI=1S/C19H25N3O2/c1-13(2)22-17(23)19(20-18(22)24)8-9-21(12-19)11-14-6-7-15-4-3-5-16(15)10-14/h6-7,10,13H,3-5,8-9,11-12H2,1-2H3,(H,20,24)/t19-/m0/s1. The molecule has 0 bridgehead atoms. The highest BCUT2D eigenvalue weighted by molar-refractivity contribution is 6.07.